The Morgan fingerprint density at radius 2 is 1.57 bits per heavy atom. The minimum absolute atomic E-state index is 0.0605. The van der Waals surface area contributed by atoms with Crippen molar-refractivity contribution in [1.82, 2.24) is 4.90 Å². The van der Waals surface area contributed by atoms with Gasteiger partial charge in [0.1, 0.15) is 5.75 Å². The van der Waals surface area contributed by atoms with Crippen LogP contribution in [0.2, 0.25) is 0 Å². The van der Waals surface area contributed by atoms with Gasteiger partial charge in [0.2, 0.25) is 0 Å². The molecule has 0 aliphatic carbocycles. The Morgan fingerprint density at radius 3 is 2.18 bits per heavy atom. The Labute approximate surface area is 166 Å². The molecule has 148 valence electrons. The lowest BCUT2D eigenvalue weighted by Crippen LogP contribution is -2.36. The molecule has 28 heavy (non-hydrogen) atoms. The molecule has 0 spiro atoms. The van der Waals surface area contributed by atoms with E-state index >= 15 is 0 Å². The van der Waals surface area contributed by atoms with Gasteiger partial charge in [-0.05, 0) is 51.3 Å². The lowest BCUT2D eigenvalue weighted by atomic mass is 9.96. The Bertz CT molecular complexity index is 853. The number of carbonyl (C=O) groups excluding carboxylic acids is 2. The number of phenolic OH excluding ortho intramolecular Hbond substituents is 1. The molecule has 3 rings (SSSR count). The summed E-state index contributed by atoms with van der Waals surface area (Å²) in [4.78, 5) is 30.0. The molecular weight excluding hydrogens is 352 g/mol. The molecule has 1 aliphatic rings. The summed E-state index contributed by atoms with van der Waals surface area (Å²) in [5.41, 5.74) is 1.83. The van der Waals surface area contributed by atoms with Crippen LogP contribution in [-0.2, 0) is 0 Å². The molecule has 1 heterocycles. The number of carbonyl (C=O) groups is 2. The van der Waals surface area contributed by atoms with Crippen molar-refractivity contribution in [2.75, 3.05) is 31.1 Å². The second-order valence-corrected chi connectivity index (χ2v) is 7.10. The van der Waals surface area contributed by atoms with Crippen LogP contribution in [0.1, 0.15) is 59.4 Å². The molecule has 0 unspecified atom stereocenters. The van der Waals surface area contributed by atoms with E-state index in [0.717, 1.165) is 51.1 Å². The van der Waals surface area contributed by atoms with Gasteiger partial charge in [0.25, 0.3) is 5.91 Å². The van der Waals surface area contributed by atoms with Crippen LogP contribution in [0.25, 0.3) is 0 Å². The molecule has 0 bridgehead atoms. The Kier molecular flexibility index (Phi) is 6.34. The number of hydrogen-bond acceptors (Lipinski definition) is 4. The smallest absolute Gasteiger partial charge is 0.254 e. The second-order valence-electron chi connectivity index (χ2n) is 7.10. The molecule has 1 saturated heterocycles. The van der Waals surface area contributed by atoms with Gasteiger partial charge < -0.3 is 14.9 Å². The van der Waals surface area contributed by atoms with Gasteiger partial charge in [0, 0.05) is 43.5 Å². The van der Waals surface area contributed by atoms with E-state index in [1.54, 1.807) is 36.4 Å². The average Bonchev–Trinajstić information content (AvgIpc) is 2.74. The predicted octanol–water partition coefficient (Wildman–Crippen LogP) is 4.10. The fourth-order valence-corrected chi connectivity index (χ4v) is 3.78. The quantitative estimate of drug-likeness (QED) is 0.767. The maximum Gasteiger partial charge on any atom is 0.254 e. The minimum Gasteiger partial charge on any atom is -0.507 e. The monoisotopic (exact) mass is 380 g/mol. The zero-order chi connectivity index (χ0) is 20.1. The maximum absolute atomic E-state index is 13.2. The van der Waals surface area contributed by atoms with Crippen molar-refractivity contribution in [3.05, 3.63) is 59.2 Å². The highest BCUT2D eigenvalue weighted by molar-refractivity contribution is 6.16. The number of nitrogens with zero attached hydrogens (tertiary/aromatic N) is 2. The number of rotatable bonds is 6. The molecule has 2 aromatic rings. The highest BCUT2D eigenvalue weighted by atomic mass is 16.3. The number of amides is 1. The van der Waals surface area contributed by atoms with Crippen molar-refractivity contribution < 1.29 is 14.7 Å². The van der Waals surface area contributed by atoms with Crippen molar-refractivity contribution in [2.24, 2.45) is 0 Å². The Hall–Kier alpha value is -2.82. The van der Waals surface area contributed by atoms with Gasteiger partial charge in [-0.25, -0.2) is 0 Å². The summed E-state index contributed by atoms with van der Waals surface area (Å²) in [6.45, 7) is 7.17. The van der Waals surface area contributed by atoms with E-state index in [1.807, 2.05) is 24.8 Å². The number of piperidine rings is 1. The van der Waals surface area contributed by atoms with E-state index in [-0.39, 0.29) is 23.0 Å². The topological polar surface area (TPSA) is 60.9 Å². The van der Waals surface area contributed by atoms with E-state index in [1.165, 1.54) is 0 Å². The number of anilines is 1. The number of benzene rings is 2. The Balaban J connectivity index is 1.92. The summed E-state index contributed by atoms with van der Waals surface area (Å²) in [5, 5.41) is 10.5. The first-order valence-electron chi connectivity index (χ1n) is 10.1. The van der Waals surface area contributed by atoms with Gasteiger partial charge in [0.15, 0.2) is 5.78 Å². The van der Waals surface area contributed by atoms with Crippen LogP contribution in [0.5, 0.6) is 5.75 Å². The average molecular weight is 380 g/mol. The van der Waals surface area contributed by atoms with Crippen molar-refractivity contribution in [1.29, 1.82) is 0 Å². The van der Waals surface area contributed by atoms with Crippen LogP contribution in [0.15, 0.2) is 42.5 Å². The van der Waals surface area contributed by atoms with Crippen molar-refractivity contribution in [3.63, 3.8) is 0 Å². The zero-order valence-electron chi connectivity index (χ0n) is 16.6. The fraction of sp³-hybridized carbons (Fsp3) is 0.391. The molecule has 0 atom stereocenters. The third kappa shape index (κ3) is 4.03. The van der Waals surface area contributed by atoms with Crippen LogP contribution in [0.3, 0.4) is 0 Å². The second kappa shape index (κ2) is 8.91. The van der Waals surface area contributed by atoms with Crippen LogP contribution >= 0.6 is 0 Å². The molecular formula is C23H28N2O3. The highest BCUT2D eigenvalue weighted by Gasteiger charge is 2.25. The summed E-state index contributed by atoms with van der Waals surface area (Å²) in [7, 11) is 0. The van der Waals surface area contributed by atoms with E-state index in [2.05, 4.69) is 4.90 Å². The maximum atomic E-state index is 13.2. The lowest BCUT2D eigenvalue weighted by molar-refractivity contribution is 0.0720. The zero-order valence-corrected chi connectivity index (χ0v) is 16.6. The highest BCUT2D eigenvalue weighted by Crippen LogP contribution is 2.28. The molecule has 5 nitrogen and oxygen atoms in total. The number of likely N-dealkylation sites (tertiary alicyclic amines) is 1. The number of hydrogen-bond donors (Lipinski definition) is 1. The van der Waals surface area contributed by atoms with Gasteiger partial charge in [0.05, 0.1) is 11.1 Å². The number of ketones is 1. The standard InChI is InChI=1S/C23H28N2O3/c1-3-24(4-2)17-12-13-20(21(26)16-17)22(27)18-10-6-7-11-19(18)23(28)25-14-8-5-9-15-25/h6-7,10-13,16,26H,3-5,8-9,14-15H2,1-2H3. The van der Waals surface area contributed by atoms with Gasteiger partial charge in [-0.1, -0.05) is 18.2 Å². The fourth-order valence-electron chi connectivity index (χ4n) is 3.78. The summed E-state index contributed by atoms with van der Waals surface area (Å²) in [6, 6.07) is 12.0. The first-order chi connectivity index (χ1) is 13.6. The molecule has 2 aromatic carbocycles. The number of aromatic hydroxyl groups is 1. The summed E-state index contributed by atoms with van der Waals surface area (Å²) in [6.07, 6.45) is 3.13. The SMILES string of the molecule is CCN(CC)c1ccc(C(=O)c2ccccc2C(=O)N2CCCCC2)c(O)c1. The van der Waals surface area contributed by atoms with E-state index in [9.17, 15) is 14.7 Å². The van der Waals surface area contributed by atoms with Gasteiger partial charge in [-0.3, -0.25) is 9.59 Å². The minimum atomic E-state index is -0.329. The molecule has 1 amide bonds. The largest absolute Gasteiger partial charge is 0.507 e. The number of phenols is 1. The third-order valence-corrected chi connectivity index (χ3v) is 5.40. The van der Waals surface area contributed by atoms with Gasteiger partial charge in [-0.2, -0.15) is 0 Å². The third-order valence-electron chi connectivity index (χ3n) is 5.40. The summed E-state index contributed by atoms with van der Waals surface area (Å²) in [5.74, 6) is -0.498. The van der Waals surface area contributed by atoms with E-state index in [0.29, 0.717) is 11.1 Å². The van der Waals surface area contributed by atoms with E-state index in [4.69, 9.17) is 0 Å². The van der Waals surface area contributed by atoms with Crippen LogP contribution in [0.4, 0.5) is 5.69 Å². The van der Waals surface area contributed by atoms with Gasteiger partial charge in [-0.15, -0.1) is 0 Å². The van der Waals surface area contributed by atoms with Crippen molar-refractivity contribution >= 4 is 17.4 Å². The summed E-state index contributed by atoms with van der Waals surface area (Å²) >= 11 is 0. The molecule has 1 N–H and O–H groups in total. The normalized spacial score (nSPS) is 14.0. The van der Waals surface area contributed by atoms with Crippen molar-refractivity contribution in [3.8, 4) is 5.75 Å². The Morgan fingerprint density at radius 1 is 0.929 bits per heavy atom. The summed E-state index contributed by atoms with van der Waals surface area (Å²) < 4.78 is 0. The van der Waals surface area contributed by atoms with Crippen LogP contribution in [0, 0.1) is 0 Å². The van der Waals surface area contributed by atoms with Gasteiger partial charge >= 0.3 is 0 Å². The first kappa shape index (κ1) is 19.9. The predicted molar refractivity (Wildman–Crippen MR) is 111 cm³/mol. The first-order valence-corrected chi connectivity index (χ1v) is 10.1. The molecule has 5 heteroatoms. The lowest BCUT2D eigenvalue weighted by Gasteiger charge is -2.27. The van der Waals surface area contributed by atoms with Crippen molar-refractivity contribution in [2.45, 2.75) is 33.1 Å². The van der Waals surface area contributed by atoms with Crippen LogP contribution in [-0.4, -0.2) is 47.9 Å². The van der Waals surface area contributed by atoms with Crippen LogP contribution < -0.4 is 4.90 Å². The molecule has 0 saturated carbocycles. The molecule has 0 aromatic heterocycles. The molecule has 0 radical (unpaired) electrons. The molecule has 1 fully saturated rings. The molecule has 1 aliphatic heterocycles. The van der Waals surface area contributed by atoms with E-state index < -0.39 is 0 Å².